The molecule has 0 aromatic carbocycles. The smallest absolute Gasteiger partial charge is 0.107 e. The van der Waals surface area contributed by atoms with Crippen LogP contribution in [0.4, 0.5) is 0 Å². The first-order valence-corrected chi connectivity index (χ1v) is 4.37. The van der Waals surface area contributed by atoms with Crippen molar-refractivity contribution in [3.05, 3.63) is 50.1 Å². The zero-order valence-corrected chi connectivity index (χ0v) is 8.24. The van der Waals surface area contributed by atoms with Gasteiger partial charge >= 0.3 is 0 Å². The highest BCUT2D eigenvalue weighted by Gasteiger charge is 2.27. The van der Waals surface area contributed by atoms with Crippen LogP contribution in [0.25, 0.3) is 0 Å². The molecule has 1 heteroatoms. The molecule has 0 bridgehead atoms. The molecule has 0 spiro atoms. The largest absolute Gasteiger partial charge is 0.381 e. The van der Waals surface area contributed by atoms with Gasteiger partial charge < -0.3 is 5.11 Å². The predicted octanol–water partition coefficient (Wildman–Crippen LogP) is 2.86. The zero-order valence-electron chi connectivity index (χ0n) is 8.24. The van der Waals surface area contributed by atoms with Gasteiger partial charge in [-0.3, -0.25) is 0 Å². The molecule has 1 unspecified atom stereocenters. The van der Waals surface area contributed by atoms with Gasteiger partial charge in [0.1, 0.15) is 5.60 Å². The Kier molecular flexibility index (Phi) is 5.09. The molecule has 0 aromatic rings. The van der Waals surface area contributed by atoms with E-state index in [1.165, 1.54) is 12.2 Å². The standard InChI is InChI=1S/C12H18O/c1-5-9-11(10-6-2)12(13,7-3)8-4/h5-8,10-11,13H,1,3-4,9H2,2H3/b10-6+. The summed E-state index contributed by atoms with van der Waals surface area (Å²) in [6, 6.07) is 0. The fourth-order valence-electron chi connectivity index (χ4n) is 1.22. The van der Waals surface area contributed by atoms with Crippen LogP contribution in [0.5, 0.6) is 0 Å². The number of aliphatic hydroxyl groups is 1. The fourth-order valence-corrected chi connectivity index (χ4v) is 1.22. The van der Waals surface area contributed by atoms with Gasteiger partial charge in [-0.15, -0.1) is 6.58 Å². The molecule has 0 aliphatic heterocycles. The Morgan fingerprint density at radius 1 is 1.31 bits per heavy atom. The molecule has 0 radical (unpaired) electrons. The van der Waals surface area contributed by atoms with E-state index in [0.29, 0.717) is 6.42 Å². The summed E-state index contributed by atoms with van der Waals surface area (Å²) in [5.74, 6) is -0.0231. The monoisotopic (exact) mass is 178 g/mol. The van der Waals surface area contributed by atoms with Crippen LogP contribution < -0.4 is 0 Å². The summed E-state index contributed by atoms with van der Waals surface area (Å²) in [4.78, 5) is 0. The molecule has 1 N–H and O–H groups in total. The lowest BCUT2D eigenvalue weighted by Crippen LogP contribution is -2.31. The first-order chi connectivity index (χ1) is 6.14. The van der Waals surface area contributed by atoms with Crippen molar-refractivity contribution >= 4 is 0 Å². The van der Waals surface area contributed by atoms with Crippen LogP contribution in [0.2, 0.25) is 0 Å². The summed E-state index contributed by atoms with van der Waals surface area (Å²) in [6.45, 7) is 12.8. The van der Waals surface area contributed by atoms with Crippen LogP contribution in [0.3, 0.4) is 0 Å². The number of rotatable bonds is 6. The Morgan fingerprint density at radius 3 is 2.15 bits per heavy atom. The molecule has 0 aliphatic rings. The zero-order chi connectivity index (χ0) is 10.3. The van der Waals surface area contributed by atoms with E-state index in [1.54, 1.807) is 6.08 Å². The Hall–Kier alpha value is -1.08. The second-order valence-corrected chi connectivity index (χ2v) is 2.95. The maximum absolute atomic E-state index is 10.0. The maximum Gasteiger partial charge on any atom is 0.107 e. The summed E-state index contributed by atoms with van der Waals surface area (Å²) in [6.07, 6.45) is 9.35. The Labute approximate surface area is 80.8 Å². The van der Waals surface area contributed by atoms with Crippen molar-refractivity contribution in [2.24, 2.45) is 5.92 Å². The third-order valence-corrected chi connectivity index (χ3v) is 2.09. The first-order valence-electron chi connectivity index (χ1n) is 4.37. The Morgan fingerprint density at radius 2 is 1.85 bits per heavy atom. The molecule has 13 heavy (non-hydrogen) atoms. The lowest BCUT2D eigenvalue weighted by Gasteiger charge is -2.27. The van der Waals surface area contributed by atoms with Crippen LogP contribution in [0, 0.1) is 5.92 Å². The number of allylic oxidation sites excluding steroid dienone is 2. The van der Waals surface area contributed by atoms with Gasteiger partial charge in [0.25, 0.3) is 0 Å². The van der Waals surface area contributed by atoms with Crippen LogP contribution >= 0.6 is 0 Å². The van der Waals surface area contributed by atoms with E-state index in [2.05, 4.69) is 19.7 Å². The molecule has 72 valence electrons. The average Bonchev–Trinajstić information content (AvgIpc) is 2.16. The topological polar surface area (TPSA) is 20.2 Å². The third kappa shape index (κ3) is 3.03. The molecule has 1 atom stereocenters. The number of hydrogen-bond donors (Lipinski definition) is 1. The van der Waals surface area contributed by atoms with Crippen LogP contribution in [-0.2, 0) is 0 Å². The summed E-state index contributed by atoms with van der Waals surface area (Å²) in [5, 5.41) is 10.0. The second-order valence-electron chi connectivity index (χ2n) is 2.95. The molecule has 0 amide bonds. The van der Waals surface area contributed by atoms with E-state index in [9.17, 15) is 5.11 Å². The van der Waals surface area contributed by atoms with Crippen molar-refractivity contribution in [3.8, 4) is 0 Å². The van der Waals surface area contributed by atoms with E-state index >= 15 is 0 Å². The quantitative estimate of drug-likeness (QED) is 0.620. The van der Waals surface area contributed by atoms with Crippen LogP contribution in [0.15, 0.2) is 50.1 Å². The molecule has 0 aliphatic carbocycles. The van der Waals surface area contributed by atoms with E-state index < -0.39 is 5.60 Å². The van der Waals surface area contributed by atoms with Gasteiger partial charge in [-0.1, -0.05) is 43.5 Å². The Balaban J connectivity index is 4.76. The molecule has 0 saturated carbocycles. The van der Waals surface area contributed by atoms with E-state index in [-0.39, 0.29) is 5.92 Å². The first kappa shape index (κ1) is 11.9. The van der Waals surface area contributed by atoms with Gasteiger partial charge in [0.15, 0.2) is 0 Å². The molecular weight excluding hydrogens is 160 g/mol. The summed E-state index contributed by atoms with van der Waals surface area (Å²) >= 11 is 0. The van der Waals surface area contributed by atoms with Gasteiger partial charge in [0.2, 0.25) is 0 Å². The highest BCUT2D eigenvalue weighted by Crippen LogP contribution is 2.25. The molecule has 1 nitrogen and oxygen atoms in total. The molecule has 0 aromatic heterocycles. The number of hydrogen-bond acceptors (Lipinski definition) is 1. The highest BCUT2D eigenvalue weighted by molar-refractivity contribution is 5.17. The Bertz CT molecular complexity index is 205. The lowest BCUT2D eigenvalue weighted by molar-refractivity contribution is 0.0986. The highest BCUT2D eigenvalue weighted by atomic mass is 16.3. The molecule has 0 saturated heterocycles. The summed E-state index contributed by atoms with van der Waals surface area (Å²) < 4.78 is 0. The van der Waals surface area contributed by atoms with Crippen LogP contribution in [-0.4, -0.2) is 10.7 Å². The van der Waals surface area contributed by atoms with Gasteiger partial charge in [-0.05, 0) is 13.3 Å². The van der Waals surface area contributed by atoms with Crippen molar-refractivity contribution in [1.82, 2.24) is 0 Å². The molecular formula is C12H18O. The second kappa shape index (κ2) is 5.55. The molecule has 0 rings (SSSR count). The summed E-state index contributed by atoms with van der Waals surface area (Å²) in [5.41, 5.74) is -1.03. The molecule has 0 heterocycles. The normalized spacial score (nSPS) is 14.0. The van der Waals surface area contributed by atoms with Crippen molar-refractivity contribution in [3.63, 3.8) is 0 Å². The lowest BCUT2D eigenvalue weighted by atomic mass is 9.84. The fraction of sp³-hybridized carbons (Fsp3) is 0.333. The SMILES string of the molecule is C=CCC(/C=C/C)C(O)(C=C)C=C. The third-order valence-electron chi connectivity index (χ3n) is 2.09. The van der Waals surface area contributed by atoms with Gasteiger partial charge in [0.05, 0.1) is 0 Å². The van der Waals surface area contributed by atoms with E-state index in [4.69, 9.17) is 0 Å². The van der Waals surface area contributed by atoms with Gasteiger partial charge in [-0.25, -0.2) is 0 Å². The van der Waals surface area contributed by atoms with Gasteiger partial charge in [-0.2, -0.15) is 0 Å². The van der Waals surface area contributed by atoms with Crippen LogP contribution in [0.1, 0.15) is 13.3 Å². The van der Waals surface area contributed by atoms with Crippen molar-refractivity contribution in [1.29, 1.82) is 0 Å². The van der Waals surface area contributed by atoms with E-state index in [1.807, 2.05) is 19.1 Å². The van der Waals surface area contributed by atoms with Gasteiger partial charge in [0, 0.05) is 5.92 Å². The van der Waals surface area contributed by atoms with Crippen molar-refractivity contribution < 1.29 is 5.11 Å². The summed E-state index contributed by atoms with van der Waals surface area (Å²) in [7, 11) is 0. The minimum atomic E-state index is -1.03. The maximum atomic E-state index is 10.0. The minimum Gasteiger partial charge on any atom is -0.381 e. The van der Waals surface area contributed by atoms with Crippen molar-refractivity contribution in [2.75, 3.05) is 0 Å². The average molecular weight is 178 g/mol. The predicted molar refractivity (Wildman–Crippen MR) is 58.5 cm³/mol. The minimum absolute atomic E-state index is 0.0231. The van der Waals surface area contributed by atoms with Crippen molar-refractivity contribution in [2.45, 2.75) is 18.9 Å². The van der Waals surface area contributed by atoms with E-state index in [0.717, 1.165) is 0 Å². The molecule has 0 fully saturated rings.